The van der Waals surface area contributed by atoms with Crippen LogP contribution in [-0.2, 0) is 10.0 Å². The minimum atomic E-state index is -3.55. The van der Waals surface area contributed by atoms with E-state index in [1.54, 1.807) is 12.1 Å². The van der Waals surface area contributed by atoms with Crippen molar-refractivity contribution in [1.82, 2.24) is 4.31 Å². The largest absolute Gasteiger partial charge is 0.395 e. The SMILES string of the molecule is CCN(C1CC1)S(=O)(=O)c1ccc(C#CCCO)cc1Cl. The molecule has 0 heterocycles. The third-order valence-electron chi connectivity index (χ3n) is 3.25. The molecule has 6 heteroatoms. The Morgan fingerprint density at radius 2 is 2.14 bits per heavy atom. The van der Waals surface area contributed by atoms with Crippen LogP contribution in [-0.4, -0.2) is 37.0 Å². The van der Waals surface area contributed by atoms with Crippen LogP contribution in [0, 0.1) is 11.8 Å². The molecule has 4 nitrogen and oxygen atoms in total. The predicted molar refractivity (Wildman–Crippen MR) is 82.6 cm³/mol. The van der Waals surface area contributed by atoms with Gasteiger partial charge in [0, 0.05) is 24.6 Å². The minimum absolute atomic E-state index is 0.0000431. The van der Waals surface area contributed by atoms with Gasteiger partial charge < -0.3 is 5.11 Å². The molecule has 1 saturated carbocycles. The molecule has 0 saturated heterocycles. The van der Waals surface area contributed by atoms with E-state index < -0.39 is 10.0 Å². The number of sulfonamides is 1. The van der Waals surface area contributed by atoms with Crippen LogP contribution in [0.25, 0.3) is 0 Å². The van der Waals surface area contributed by atoms with Crippen molar-refractivity contribution in [2.75, 3.05) is 13.2 Å². The zero-order valence-corrected chi connectivity index (χ0v) is 13.4. The Bertz CT molecular complexity index is 672. The fourth-order valence-corrected chi connectivity index (χ4v) is 4.34. The highest BCUT2D eigenvalue weighted by atomic mass is 35.5. The standard InChI is InChI=1S/C15H18ClNO3S/c1-2-17(13-7-8-13)21(19,20)15-9-6-12(11-14(15)16)5-3-4-10-18/h6,9,11,13,18H,2,4,7-8,10H2,1H3. The molecule has 0 unspecified atom stereocenters. The Morgan fingerprint density at radius 3 is 2.67 bits per heavy atom. The lowest BCUT2D eigenvalue weighted by molar-refractivity contribution is 0.305. The first-order valence-electron chi connectivity index (χ1n) is 6.91. The average Bonchev–Trinajstić information content (AvgIpc) is 3.24. The predicted octanol–water partition coefficient (Wildman–Crippen LogP) is 2.25. The van der Waals surface area contributed by atoms with E-state index in [0.717, 1.165) is 12.8 Å². The Hall–Kier alpha value is -1.06. The molecule has 1 aliphatic carbocycles. The fourth-order valence-electron chi connectivity index (χ4n) is 2.12. The molecule has 0 aromatic heterocycles. The van der Waals surface area contributed by atoms with Crippen LogP contribution in [0.1, 0.15) is 31.7 Å². The Labute approximate surface area is 130 Å². The number of nitrogens with zero attached hydrogens (tertiary/aromatic N) is 1. The van der Waals surface area contributed by atoms with Gasteiger partial charge in [-0.25, -0.2) is 8.42 Å². The van der Waals surface area contributed by atoms with Gasteiger partial charge in [0.25, 0.3) is 0 Å². The number of rotatable bonds is 5. The van der Waals surface area contributed by atoms with E-state index in [1.807, 2.05) is 6.92 Å². The van der Waals surface area contributed by atoms with Gasteiger partial charge >= 0.3 is 0 Å². The zero-order chi connectivity index (χ0) is 15.5. The van der Waals surface area contributed by atoms with Gasteiger partial charge in [-0.2, -0.15) is 4.31 Å². The normalized spacial score (nSPS) is 14.9. The molecule has 0 atom stereocenters. The van der Waals surface area contributed by atoms with Crippen LogP contribution in [0.3, 0.4) is 0 Å². The molecule has 1 aromatic carbocycles. The van der Waals surface area contributed by atoms with Crippen molar-refractivity contribution in [1.29, 1.82) is 0 Å². The summed E-state index contributed by atoms with van der Waals surface area (Å²) < 4.78 is 26.7. The second-order valence-electron chi connectivity index (χ2n) is 4.86. The van der Waals surface area contributed by atoms with Crippen LogP contribution in [0.4, 0.5) is 0 Å². The second kappa shape index (κ2) is 6.80. The summed E-state index contributed by atoms with van der Waals surface area (Å²) in [4.78, 5) is 0.130. The monoisotopic (exact) mass is 327 g/mol. The summed E-state index contributed by atoms with van der Waals surface area (Å²) in [5, 5.41) is 8.87. The van der Waals surface area contributed by atoms with Crippen molar-refractivity contribution >= 4 is 21.6 Å². The number of hydrogen-bond acceptors (Lipinski definition) is 3. The zero-order valence-electron chi connectivity index (χ0n) is 11.8. The van der Waals surface area contributed by atoms with Gasteiger partial charge in [0.05, 0.1) is 11.6 Å². The topological polar surface area (TPSA) is 57.6 Å². The van der Waals surface area contributed by atoms with Crippen LogP contribution >= 0.6 is 11.6 Å². The van der Waals surface area contributed by atoms with Gasteiger partial charge in [-0.05, 0) is 31.0 Å². The van der Waals surface area contributed by atoms with Crippen molar-refractivity contribution in [3.63, 3.8) is 0 Å². The maximum Gasteiger partial charge on any atom is 0.244 e. The van der Waals surface area contributed by atoms with Crippen LogP contribution in [0.2, 0.25) is 5.02 Å². The molecule has 1 aromatic rings. The van der Waals surface area contributed by atoms with Crippen molar-refractivity contribution in [2.45, 2.75) is 37.1 Å². The molecule has 0 bridgehead atoms. The summed E-state index contributed by atoms with van der Waals surface area (Å²) in [6.07, 6.45) is 2.20. The van der Waals surface area contributed by atoms with E-state index in [2.05, 4.69) is 11.8 Å². The van der Waals surface area contributed by atoms with E-state index in [4.69, 9.17) is 16.7 Å². The summed E-state index contributed by atoms with van der Waals surface area (Å²) in [6.45, 7) is 2.28. The second-order valence-corrected chi connectivity index (χ2v) is 7.13. The first-order chi connectivity index (χ1) is 10.0. The number of aliphatic hydroxyl groups is 1. The van der Waals surface area contributed by atoms with Gasteiger partial charge in [-0.3, -0.25) is 0 Å². The maximum atomic E-state index is 12.6. The van der Waals surface area contributed by atoms with Crippen LogP contribution in [0.15, 0.2) is 23.1 Å². The van der Waals surface area contributed by atoms with Crippen LogP contribution in [0.5, 0.6) is 0 Å². The van der Waals surface area contributed by atoms with Crippen molar-refractivity contribution in [3.05, 3.63) is 28.8 Å². The summed E-state index contributed by atoms with van der Waals surface area (Å²) >= 11 is 6.13. The molecule has 0 radical (unpaired) electrons. The van der Waals surface area contributed by atoms with E-state index in [1.165, 1.54) is 10.4 Å². The fraction of sp³-hybridized carbons (Fsp3) is 0.467. The van der Waals surface area contributed by atoms with Crippen LogP contribution < -0.4 is 0 Å². The van der Waals surface area contributed by atoms with Crippen molar-refractivity contribution < 1.29 is 13.5 Å². The maximum absolute atomic E-state index is 12.6. The number of aliphatic hydroxyl groups excluding tert-OH is 1. The lowest BCUT2D eigenvalue weighted by Gasteiger charge is -2.20. The summed E-state index contributed by atoms with van der Waals surface area (Å²) in [7, 11) is -3.55. The van der Waals surface area contributed by atoms with Gasteiger partial charge in [0.1, 0.15) is 4.90 Å². The average molecular weight is 328 g/mol. The Kier molecular flexibility index (Phi) is 5.28. The highest BCUT2D eigenvalue weighted by Gasteiger charge is 2.37. The van der Waals surface area contributed by atoms with Gasteiger partial charge in [-0.15, -0.1) is 0 Å². The molecule has 0 amide bonds. The lowest BCUT2D eigenvalue weighted by atomic mass is 10.2. The van der Waals surface area contributed by atoms with Gasteiger partial charge in [0.15, 0.2) is 0 Å². The lowest BCUT2D eigenvalue weighted by Crippen LogP contribution is -2.33. The summed E-state index contributed by atoms with van der Waals surface area (Å²) in [6, 6.07) is 4.81. The minimum Gasteiger partial charge on any atom is -0.395 e. The third kappa shape index (κ3) is 3.78. The number of hydrogen-bond donors (Lipinski definition) is 1. The van der Waals surface area contributed by atoms with E-state index >= 15 is 0 Å². The first kappa shape index (κ1) is 16.3. The quantitative estimate of drug-likeness (QED) is 0.844. The summed E-state index contributed by atoms with van der Waals surface area (Å²) in [5.74, 6) is 5.62. The van der Waals surface area contributed by atoms with Crippen molar-refractivity contribution in [3.8, 4) is 11.8 Å². The smallest absolute Gasteiger partial charge is 0.244 e. The molecule has 114 valence electrons. The first-order valence-corrected chi connectivity index (χ1v) is 8.73. The summed E-state index contributed by atoms with van der Waals surface area (Å²) in [5.41, 5.74) is 0.641. The highest BCUT2D eigenvalue weighted by Crippen LogP contribution is 2.34. The van der Waals surface area contributed by atoms with Crippen molar-refractivity contribution in [2.24, 2.45) is 0 Å². The van der Waals surface area contributed by atoms with E-state index in [0.29, 0.717) is 18.5 Å². The molecule has 1 aliphatic rings. The Morgan fingerprint density at radius 1 is 1.43 bits per heavy atom. The molecular formula is C15H18ClNO3S. The van der Waals surface area contributed by atoms with E-state index in [9.17, 15) is 8.42 Å². The number of halogens is 1. The number of benzene rings is 1. The molecule has 1 N–H and O–H groups in total. The van der Waals surface area contributed by atoms with Gasteiger partial charge in [-0.1, -0.05) is 30.4 Å². The molecular weight excluding hydrogens is 310 g/mol. The van der Waals surface area contributed by atoms with E-state index in [-0.39, 0.29) is 22.6 Å². The van der Waals surface area contributed by atoms with Gasteiger partial charge in [0.2, 0.25) is 10.0 Å². The molecule has 0 aliphatic heterocycles. The third-order valence-corrected chi connectivity index (χ3v) is 5.76. The Balaban J connectivity index is 2.30. The molecule has 2 rings (SSSR count). The highest BCUT2D eigenvalue weighted by molar-refractivity contribution is 7.89. The molecule has 1 fully saturated rings. The molecule has 21 heavy (non-hydrogen) atoms. The molecule has 0 spiro atoms.